The molecule has 0 spiro atoms. The van der Waals surface area contributed by atoms with Crippen LogP contribution in [0, 0.1) is 0 Å². The summed E-state index contributed by atoms with van der Waals surface area (Å²) in [4.78, 5) is 16.1. The van der Waals surface area contributed by atoms with Crippen molar-refractivity contribution in [1.29, 1.82) is 0 Å². The van der Waals surface area contributed by atoms with E-state index in [0.717, 1.165) is 5.06 Å². The second kappa shape index (κ2) is 2.92. The molecule has 0 saturated heterocycles. The van der Waals surface area contributed by atoms with Gasteiger partial charge >= 0.3 is 0 Å². The first-order valence-electron chi connectivity index (χ1n) is 3.56. The maximum Gasteiger partial charge on any atom is 0.256 e. The Balaban J connectivity index is 2.56. The summed E-state index contributed by atoms with van der Waals surface area (Å²) in [5.41, 5.74) is 5.46. The topological polar surface area (TPSA) is 55.6 Å². The maximum absolute atomic E-state index is 11.0. The molecule has 62 valence electrons. The number of amides is 1. The number of nitrogens with two attached hydrogens (primary N) is 1. The van der Waals surface area contributed by atoms with Gasteiger partial charge in [-0.15, -0.1) is 0 Å². The molecule has 0 fully saturated rings. The van der Waals surface area contributed by atoms with Crippen molar-refractivity contribution in [2.45, 2.75) is 26.4 Å². The van der Waals surface area contributed by atoms with Gasteiger partial charge in [0.2, 0.25) is 0 Å². The second-order valence-electron chi connectivity index (χ2n) is 2.68. The van der Waals surface area contributed by atoms with Gasteiger partial charge in [0.1, 0.15) is 5.82 Å². The summed E-state index contributed by atoms with van der Waals surface area (Å²) < 4.78 is 0. The molecule has 0 aromatic carbocycles. The van der Waals surface area contributed by atoms with E-state index < -0.39 is 0 Å². The molecule has 2 N–H and O–H groups in total. The average molecular weight is 156 g/mol. The molecule has 0 aromatic heterocycles. The van der Waals surface area contributed by atoms with Crippen molar-refractivity contribution in [3.05, 3.63) is 11.9 Å². The Hall–Kier alpha value is -1.03. The van der Waals surface area contributed by atoms with Crippen LogP contribution >= 0.6 is 0 Å². The van der Waals surface area contributed by atoms with E-state index in [1.807, 2.05) is 13.8 Å². The van der Waals surface area contributed by atoms with E-state index in [1.165, 1.54) is 0 Å². The van der Waals surface area contributed by atoms with Crippen LogP contribution in [0.5, 0.6) is 0 Å². The SMILES string of the molecule is CC(C)ON1C(=O)CC=C1N. The zero-order chi connectivity index (χ0) is 8.43. The average Bonchev–Trinajstić information content (AvgIpc) is 2.18. The fraction of sp³-hybridized carbons (Fsp3) is 0.571. The third-order valence-corrected chi connectivity index (χ3v) is 1.26. The van der Waals surface area contributed by atoms with Crippen LogP contribution in [0.4, 0.5) is 0 Å². The molecule has 0 aliphatic carbocycles. The van der Waals surface area contributed by atoms with Crippen LogP contribution in [-0.4, -0.2) is 17.1 Å². The molecule has 11 heavy (non-hydrogen) atoms. The quantitative estimate of drug-likeness (QED) is 0.628. The lowest BCUT2D eigenvalue weighted by Crippen LogP contribution is -2.31. The van der Waals surface area contributed by atoms with Gasteiger partial charge in [0.25, 0.3) is 5.91 Å². The monoisotopic (exact) mass is 156 g/mol. The van der Waals surface area contributed by atoms with E-state index >= 15 is 0 Å². The highest BCUT2D eigenvalue weighted by Gasteiger charge is 2.23. The van der Waals surface area contributed by atoms with Crippen molar-refractivity contribution >= 4 is 5.91 Å². The first-order chi connectivity index (χ1) is 5.11. The van der Waals surface area contributed by atoms with Gasteiger partial charge in [-0.3, -0.25) is 9.63 Å². The van der Waals surface area contributed by atoms with E-state index in [9.17, 15) is 4.79 Å². The zero-order valence-electron chi connectivity index (χ0n) is 6.70. The molecule has 1 aliphatic rings. The summed E-state index contributed by atoms with van der Waals surface area (Å²) in [5.74, 6) is 0.292. The number of carbonyl (C=O) groups excluding carboxylic acids is 1. The van der Waals surface area contributed by atoms with Crippen LogP contribution in [0.2, 0.25) is 0 Å². The van der Waals surface area contributed by atoms with Crippen molar-refractivity contribution in [2.75, 3.05) is 0 Å². The van der Waals surface area contributed by atoms with E-state index in [-0.39, 0.29) is 12.0 Å². The standard InChI is InChI=1S/C7H12N2O2/c1-5(2)11-9-6(8)3-4-7(9)10/h3,5H,4,8H2,1-2H3. The van der Waals surface area contributed by atoms with Crippen LogP contribution < -0.4 is 5.73 Å². The van der Waals surface area contributed by atoms with Gasteiger partial charge in [-0.1, -0.05) is 0 Å². The summed E-state index contributed by atoms with van der Waals surface area (Å²) in [6.07, 6.45) is 1.97. The Bertz CT molecular complexity index is 199. The number of hydroxylamine groups is 2. The second-order valence-corrected chi connectivity index (χ2v) is 2.68. The fourth-order valence-electron chi connectivity index (χ4n) is 0.832. The molecule has 1 amide bonds. The third kappa shape index (κ3) is 1.71. The number of hydrogen-bond acceptors (Lipinski definition) is 3. The van der Waals surface area contributed by atoms with Crippen molar-refractivity contribution in [3.8, 4) is 0 Å². The van der Waals surface area contributed by atoms with E-state index in [1.54, 1.807) is 6.08 Å². The van der Waals surface area contributed by atoms with Crippen LogP contribution in [0.25, 0.3) is 0 Å². The summed E-state index contributed by atoms with van der Waals surface area (Å²) in [6.45, 7) is 3.69. The molecule has 0 radical (unpaired) electrons. The molecule has 0 unspecified atom stereocenters. The minimum absolute atomic E-state index is 0.0241. The summed E-state index contributed by atoms with van der Waals surface area (Å²) in [6, 6.07) is 0. The molecular weight excluding hydrogens is 144 g/mol. The lowest BCUT2D eigenvalue weighted by atomic mass is 10.4. The molecule has 0 aromatic rings. The Labute approximate surface area is 65.6 Å². The smallest absolute Gasteiger partial charge is 0.256 e. The number of hydrogen-bond donors (Lipinski definition) is 1. The molecule has 0 bridgehead atoms. The van der Waals surface area contributed by atoms with Gasteiger partial charge in [0.05, 0.1) is 12.5 Å². The van der Waals surface area contributed by atoms with Crippen LogP contribution in [0.1, 0.15) is 20.3 Å². The van der Waals surface area contributed by atoms with Crippen LogP contribution in [0.15, 0.2) is 11.9 Å². The lowest BCUT2D eigenvalue weighted by molar-refractivity contribution is -0.183. The van der Waals surface area contributed by atoms with Gasteiger partial charge in [0, 0.05) is 0 Å². The first-order valence-corrected chi connectivity index (χ1v) is 3.56. The van der Waals surface area contributed by atoms with Crippen molar-refractivity contribution in [2.24, 2.45) is 5.73 Å². The van der Waals surface area contributed by atoms with E-state index in [0.29, 0.717) is 12.2 Å². The highest BCUT2D eigenvalue weighted by molar-refractivity contribution is 5.81. The summed E-state index contributed by atoms with van der Waals surface area (Å²) >= 11 is 0. The molecule has 4 nitrogen and oxygen atoms in total. The van der Waals surface area contributed by atoms with Crippen molar-refractivity contribution < 1.29 is 9.63 Å². The normalized spacial score (nSPS) is 17.9. The maximum atomic E-state index is 11.0. The largest absolute Gasteiger partial charge is 0.383 e. The first kappa shape index (κ1) is 8.07. The lowest BCUT2D eigenvalue weighted by Gasteiger charge is -2.18. The number of carbonyl (C=O) groups is 1. The summed E-state index contributed by atoms with van der Waals surface area (Å²) in [7, 11) is 0. The molecule has 0 atom stereocenters. The van der Waals surface area contributed by atoms with Crippen LogP contribution in [0.3, 0.4) is 0 Å². The van der Waals surface area contributed by atoms with Gasteiger partial charge in [0.15, 0.2) is 0 Å². The third-order valence-electron chi connectivity index (χ3n) is 1.26. The van der Waals surface area contributed by atoms with Crippen molar-refractivity contribution in [3.63, 3.8) is 0 Å². The molecule has 0 saturated carbocycles. The fourth-order valence-corrected chi connectivity index (χ4v) is 0.832. The molecule has 1 heterocycles. The molecule has 1 aliphatic heterocycles. The Morgan fingerprint density at radius 1 is 1.73 bits per heavy atom. The minimum atomic E-state index is -0.101. The van der Waals surface area contributed by atoms with Gasteiger partial charge < -0.3 is 5.73 Å². The van der Waals surface area contributed by atoms with Crippen LogP contribution in [-0.2, 0) is 9.63 Å². The molecule has 1 rings (SSSR count). The van der Waals surface area contributed by atoms with E-state index in [2.05, 4.69) is 0 Å². The van der Waals surface area contributed by atoms with E-state index in [4.69, 9.17) is 10.6 Å². The van der Waals surface area contributed by atoms with Gasteiger partial charge in [-0.05, 0) is 19.9 Å². The highest BCUT2D eigenvalue weighted by Crippen LogP contribution is 2.13. The Kier molecular flexibility index (Phi) is 2.14. The van der Waals surface area contributed by atoms with Gasteiger partial charge in [-0.25, -0.2) is 0 Å². The number of nitrogens with zero attached hydrogens (tertiary/aromatic N) is 1. The zero-order valence-corrected chi connectivity index (χ0v) is 6.70. The predicted molar refractivity (Wildman–Crippen MR) is 40.0 cm³/mol. The summed E-state index contributed by atoms with van der Waals surface area (Å²) in [5, 5.41) is 1.14. The van der Waals surface area contributed by atoms with Crippen molar-refractivity contribution in [1.82, 2.24) is 5.06 Å². The molecule has 4 heteroatoms. The Morgan fingerprint density at radius 2 is 2.36 bits per heavy atom. The predicted octanol–water partition coefficient (Wildman–Crippen LogP) is 0.359. The number of rotatable bonds is 2. The molecular formula is C7H12N2O2. The minimum Gasteiger partial charge on any atom is -0.383 e. The highest BCUT2D eigenvalue weighted by atomic mass is 16.7. The van der Waals surface area contributed by atoms with Gasteiger partial charge in [-0.2, -0.15) is 5.06 Å². The Morgan fingerprint density at radius 3 is 2.73 bits per heavy atom.